The molecule has 0 saturated carbocycles. The summed E-state index contributed by atoms with van der Waals surface area (Å²) in [7, 11) is -6.42. The molecule has 0 aromatic heterocycles. The van der Waals surface area contributed by atoms with Crippen molar-refractivity contribution in [2.24, 2.45) is 4.99 Å². The fraction of sp³-hybridized carbons (Fsp3) is 0.933. The van der Waals surface area contributed by atoms with Gasteiger partial charge in [0, 0.05) is 44.2 Å². The minimum absolute atomic E-state index is 0.0257. The Hall–Kier alpha value is -0.520. The van der Waals surface area contributed by atoms with Crippen LogP contribution in [0.3, 0.4) is 0 Å². The molecular weight excluding hydrogens is 396 g/mol. The summed E-state index contributed by atoms with van der Waals surface area (Å²) < 4.78 is 49.9. The van der Waals surface area contributed by atoms with E-state index >= 15 is 0 Å². The summed E-state index contributed by atoms with van der Waals surface area (Å²) in [6.45, 7) is 8.02. The van der Waals surface area contributed by atoms with Crippen LogP contribution in [-0.4, -0.2) is 99.0 Å². The van der Waals surface area contributed by atoms with Crippen molar-refractivity contribution in [1.29, 1.82) is 0 Å². The van der Waals surface area contributed by atoms with Gasteiger partial charge in [-0.25, -0.2) is 21.1 Å². The summed E-state index contributed by atoms with van der Waals surface area (Å²) in [6.07, 6.45) is 0. The number of rotatable bonds is 5. The number of guanidine groups is 1. The average molecular weight is 427 g/mol. The van der Waals surface area contributed by atoms with E-state index in [1.165, 1.54) is 0 Å². The lowest BCUT2D eigenvalue weighted by molar-refractivity contribution is 0.353. The van der Waals surface area contributed by atoms with Crippen LogP contribution in [0.4, 0.5) is 0 Å². The van der Waals surface area contributed by atoms with E-state index in [0.29, 0.717) is 38.7 Å². The molecule has 0 radical (unpaired) electrons. The molecule has 0 bridgehead atoms. The zero-order chi connectivity index (χ0) is 19.4. The van der Waals surface area contributed by atoms with Crippen molar-refractivity contribution in [3.8, 4) is 0 Å². The van der Waals surface area contributed by atoms with Gasteiger partial charge in [0.2, 0.25) is 10.0 Å². The van der Waals surface area contributed by atoms with E-state index in [0.717, 1.165) is 11.5 Å². The maximum atomic E-state index is 12.4. The molecule has 1 N–H and O–H groups in total. The van der Waals surface area contributed by atoms with Crippen molar-refractivity contribution in [1.82, 2.24) is 14.5 Å². The highest BCUT2D eigenvalue weighted by molar-refractivity contribution is 7.99. The molecule has 2 fully saturated rings. The third kappa shape index (κ3) is 5.26. The van der Waals surface area contributed by atoms with Crippen LogP contribution in [0.15, 0.2) is 4.99 Å². The first kappa shape index (κ1) is 21.8. The SMILES string of the molecule is CCNC(=NCCS(=O)(=O)N1CCSCC1)N1CCS(=O)(=O)C(C)(C)C1. The molecule has 152 valence electrons. The first-order valence-electron chi connectivity index (χ1n) is 8.90. The Balaban J connectivity index is 2.03. The fourth-order valence-corrected chi connectivity index (χ4v) is 6.79. The van der Waals surface area contributed by atoms with E-state index in [2.05, 4.69) is 10.3 Å². The molecule has 0 aromatic rings. The van der Waals surface area contributed by atoms with Crippen molar-refractivity contribution in [2.75, 3.05) is 62.3 Å². The molecule has 0 aromatic carbocycles. The lowest BCUT2D eigenvalue weighted by atomic mass is 10.2. The zero-order valence-corrected chi connectivity index (χ0v) is 18.2. The number of thioether (sulfide) groups is 1. The summed E-state index contributed by atoms with van der Waals surface area (Å²) in [5.74, 6) is 2.31. The van der Waals surface area contributed by atoms with E-state index in [-0.39, 0.29) is 18.1 Å². The quantitative estimate of drug-likeness (QED) is 0.482. The third-order valence-corrected chi connectivity index (χ3v) is 9.98. The normalized spacial score (nSPS) is 24.4. The Morgan fingerprint density at radius 2 is 1.88 bits per heavy atom. The number of sulfone groups is 1. The molecule has 11 heteroatoms. The number of hydrogen-bond donors (Lipinski definition) is 1. The molecule has 26 heavy (non-hydrogen) atoms. The van der Waals surface area contributed by atoms with Crippen molar-refractivity contribution < 1.29 is 16.8 Å². The second-order valence-corrected chi connectivity index (χ2v) is 13.1. The number of sulfonamides is 1. The lowest BCUT2D eigenvalue weighted by Gasteiger charge is -2.39. The largest absolute Gasteiger partial charge is 0.357 e. The number of hydrogen-bond acceptors (Lipinski definition) is 6. The highest BCUT2D eigenvalue weighted by atomic mass is 32.2. The molecule has 0 amide bonds. The molecule has 8 nitrogen and oxygen atoms in total. The number of nitrogens with zero attached hydrogens (tertiary/aromatic N) is 3. The molecule has 2 aliphatic rings. The fourth-order valence-electron chi connectivity index (χ4n) is 2.97. The van der Waals surface area contributed by atoms with Gasteiger partial charge >= 0.3 is 0 Å². The van der Waals surface area contributed by atoms with E-state index in [9.17, 15) is 16.8 Å². The van der Waals surface area contributed by atoms with Crippen molar-refractivity contribution in [3.05, 3.63) is 0 Å². The van der Waals surface area contributed by atoms with Gasteiger partial charge in [-0.15, -0.1) is 0 Å². The molecule has 0 atom stereocenters. The monoisotopic (exact) mass is 426 g/mol. The minimum atomic E-state index is -3.30. The standard InChI is InChI=1S/C15H30N4O4S3/c1-4-16-14(18-8-12-25(20,21)15(2,3)13-18)17-5-11-26(22,23)19-6-9-24-10-7-19/h4-13H2,1-3H3,(H,16,17). The van der Waals surface area contributed by atoms with E-state index in [1.54, 1.807) is 29.9 Å². The third-order valence-electron chi connectivity index (χ3n) is 4.65. The lowest BCUT2D eigenvalue weighted by Crippen LogP contribution is -2.57. The first-order valence-corrected chi connectivity index (χ1v) is 13.3. The molecular formula is C15H30N4O4S3. The Labute approximate surface area is 161 Å². The maximum Gasteiger partial charge on any atom is 0.215 e. The van der Waals surface area contributed by atoms with Crippen LogP contribution in [0.2, 0.25) is 0 Å². The van der Waals surface area contributed by atoms with E-state index in [1.807, 2.05) is 11.8 Å². The number of aliphatic imine (C=N–C) groups is 1. The van der Waals surface area contributed by atoms with Crippen molar-refractivity contribution in [3.63, 3.8) is 0 Å². The van der Waals surface area contributed by atoms with Gasteiger partial charge in [-0.1, -0.05) is 0 Å². The second-order valence-electron chi connectivity index (χ2n) is 7.06. The summed E-state index contributed by atoms with van der Waals surface area (Å²) in [5, 5.41) is 3.15. The molecule has 2 heterocycles. The first-order chi connectivity index (χ1) is 12.1. The Kier molecular flexibility index (Phi) is 7.25. The highest BCUT2D eigenvalue weighted by Gasteiger charge is 2.41. The maximum absolute atomic E-state index is 12.4. The average Bonchev–Trinajstić information content (AvgIpc) is 2.57. The Morgan fingerprint density at radius 3 is 2.46 bits per heavy atom. The van der Waals surface area contributed by atoms with Gasteiger partial charge in [0.1, 0.15) is 0 Å². The van der Waals surface area contributed by atoms with Crippen LogP contribution in [0.25, 0.3) is 0 Å². The Morgan fingerprint density at radius 1 is 1.23 bits per heavy atom. The van der Waals surface area contributed by atoms with Crippen LogP contribution in [0.1, 0.15) is 20.8 Å². The molecule has 0 aliphatic carbocycles. The smallest absolute Gasteiger partial charge is 0.215 e. The summed E-state index contributed by atoms with van der Waals surface area (Å²) in [6, 6.07) is 0. The zero-order valence-electron chi connectivity index (χ0n) is 15.8. The van der Waals surface area contributed by atoms with E-state index < -0.39 is 24.6 Å². The van der Waals surface area contributed by atoms with Gasteiger partial charge in [0.05, 0.1) is 22.8 Å². The van der Waals surface area contributed by atoms with Crippen LogP contribution >= 0.6 is 11.8 Å². The van der Waals surface area contributed by atoms with Crippen molar-refractivity contribution >= 4 is 37.6 Å². The number of nitrogens with one attached hydrogen (secondary N) is 1. The van der Waals surface area contributed by atoms with Crippen molar-refractivity contribution in [2.45, 2.75) is 25.5 Å². The minimum Gasteiger partial charge on any atom is -0.357 e. The van der Waals surface area contributed by atoms with Gasteiger partial charge < -0.3 is 10.2 Å². The van der Waals surface area contributed by atoms with Gasteiger partial charge in [-0.3, -0.25) is 4.99 Å². The van der Waals surface area contributed by atoms with Crippen LogP contribution in [0.5, 0.6) is 0 Å². The second kappa shape index (κ2) is 8.66. The highest BCUT2D eigenvalue weighted by Crippen LogP contribution is 2.23. The van der Waals surface area contributed by atoms with E-state index in [4.69, 9.17) is 0 Å². The summed E-state index contributed by atoms with van der Waals surface area (Å²) in [4.78, 5) is 6.37. The molecule has 0 unspecified atom stereocenters. The molecule has 2 aliphatic heterocycles. The predicted molar refractivity (Wildman–Crippen MR) is 108 cm³/mol. The van der Waals surface area contributed by atoms with Crippen LogP contribution in [0, 0.1) is 0 Å². The topological polar surface area (TPSA) is 99.2 Å². The molecule has 2 saturated heterocycles. The van der Waals surface area contributed by atoms with Gasteiger partial charge in [0.15, 0.2) is 15.8 Å². The summed E-state index contributed by atoms with van der Waals surface area (Å²) >= 11 is 1.77. The predicted octanol–water partition coefficient (Wildman–Crippen LogP) is -0.160. The summed E-state index contributed by atoms with van der Waals surface area (Å²) in [5.41, 5.74) is 0. The molecule has 0 spiro atoms. The van der Waals surface area contributed by atoms with Gasteiger partial charge in [-0.05, 0) is 20.8 Å². The van der Waals surface area contributed by atoms with Crippen LogP contribution in [-0.2, 0) is 19.9 Å². The molecule has 2 rings (SSSR count). The van der Waals surface area contributed by atoms with Crippen LogP contribution < -0.4 is 5.32 Å². The Bertz CT molecular complexity index is 713. The van der Waals surface area contributed by atoms with Gasteiger partial charge in [-0.2, -0.15) is 11.8 Å². The van der Waals surface area contributed by atoms with Gasteiger partial charge in [0.25, 0.3) is 0 Å².